The molecule has 0 aliphatic heterocycles. The fourth-order valence-corrected chi connectivity index (χ4v) is 2.17. The molecule has 0 saturated heterocycles. The smallest absolute Gasteiger partial charge is 0.170 e. The molecule has 90 valence electrons. The van der Waals surface area contributed by atoms with Crippen LogP contribution in [0.1, 0.15) is 32.6 Å². The normalized spacial score (nSPS) is 27.0. The van der Waals surface area contributed by atoms with Gasteiger partial charge in [-0.05, 0) is 25.2 Å². The van der Waals surface area contributed by atoms with Crippen molar-refractivity contribution in [3.8, 4) is 0 Å². The average molecular weight is 234 g/mol. The van der Waals surface area contributed by atoms with Crippen molar-refractivity contribution in [3.05, 3.63) is 0 Å². The third-order valence-electron chi connectivity index (χ3n) is 3.28. The molecule has 1 atom stereocenters. The average Bonchev–Trinajstić information content (AvgIpc) is 2.45. The van der Waals surface area contributed by atoms with Crippen LogP contribution in [0.2, 0.25) is 0 Å². The quantitative estimate of drug-likeness (QED) is 0.593. The molecule has 0 nitrogen and oxygen atoms in total. The predicted molar refractivity (Wildman–Crippen MR) is 42.2 cm³/mol. The molecule has 0 aromatic heterocycles. The molecule has 0 N–H and O–H groups in total. The van der Waals surface area contributed by atoms with Crippen molar-refractivity contribution in [2.75, 3.05) is 0 Å². The molecule has 6 heteroatoms. The van der Waals surface area contributed by atoms with E-state index in [0.29, 0.717) is 6.42 Å². The summed E-state index contributed by atoms with van der Waals surface area (Å²) in [4.78, 5) is 0. The largest absolute Gasteiger partial charge is 0.403 e. The molecule has 0 radical (unpaired) electrons. The van der Waals surface area contributed by atoms with Gasteiger partial charge in [-0.3, -0.25) is 0 Å². The van der Waals surface area contributed by atoms with Crippen molar-refractivity contribution in [2.45, 2.75) is 45.0 Å². The lowest BCUT2D eigenvalue weighted by Gasteiger charge is -2.33. The highest BCUT2D eigenvalue weighted by Gasteiger charge is 2.71. The molecule has 0 bridgehead atoms. The first-order chi connectivity index (χ1) is 6.64. The topological polar surface area (TPSA) is 0 Å². The van der Waals surface area contributed by atoms with E-state index < -0.39 is 36.5 Å². The fourth-order valence-electron chi connectivity index (χ4n) is 2.17. The third kappa shape index (κ3) is 1.95. The Labute approximate surface area is 83.6 Å². The van der Waals surface area contributed by atoms with Crippen LogP contribution < -0.4 is 0 Å². The van der Waals surface area contributed by atoms with Crippen LogP contribution in [0, 0.1) is 11.3 Å². The van der Waals surface area contributed by atoms with Crippen LogP contribution in [0.5, 0.6) is 0 Å². The lowest BCUT2D eigenvalue weighted by molar-refractivity contribution is -0.339. The van der Waals surface area contributed by atoms with E-state index in [-0.39, 0.29) is 6.42 Å². The molecule has 0 aromatic carbocycles. The molecular weight excluding hydrogens is 222 g/mol. The number of hydrogen-bond donors (Lipinski definition) is 0. The van der Waals surface area contributed by atoms with Crippen LogP contribution in [-0.2, 0) is 0 Å². The molecule has 0 spiro atoms. The fraction of sp³-hybridized carbons (Fsp3) is 1.00. The van der Waals surface area contributed by atoms with Gasteiger partial charge in [0.1, 0.15) is 0 Å². The van der Waals surface area contributed by atoms with Gasteiger partial charge in [0, 0.05) is 0 Å². The Morgan fingerprint density at radius 3 is 1.73 bits per heavy atom. The highest BCUT2D eigenvalue weighted by molar-refractivity contribution is 4.99. The Hall–Kier alpha value is -0.420. The predicted octanol–water partition coefficient (Wildman–Crippen LogP) is 4.31. The molecule has 1 fully saturated rings. The summed E-state index contributed by atoms with van der Waals surface area (Å²) >= 11 is 0. The van der Waals surface area contributed by atoms with Crippen LogP contribution in [0.4, 0.5) is 26.3 Å². The van der Waals surface area contributed by atoms with E-state index >= 15 is 0 Å². The van der Waals surface area contributed by atoms with Crippen LogP contribution in [0.15, 0.2) is 0 Å². The summed E-state index contributed by atoms with van der Waals surface area (Å²) in [5.41, 5.74) is -3.46. The molecule has 15 heavy (non-hydrogen) atoms. The minimum Gasteiger partial charge on any atom is -0.170 e. The summed E-state index contributed by atoms with van der Waals surface area (Å²) in [6.45, 7) is 1.62. The van der Waals surface area contributed by atoms with Gasteiger partial charge in [-0.25, -0.2) is 0 Å². The molecule has 1 rings (SSSR count). The second-order valence-electron chi connectivity index (χ2n) is 4.09. The highest BCUT2D eigenvalue weighted by atomic mass is 19.4. The summed E-state index contributed by atoms with van der Waals surface area (Å²) in [5.74, 6) is -0.465. The minimum absolute atomic E-state index is 0.00944. The van der Waals surface area contributed by atoms with E-state index in [1.165, 1.54) is 0 Å². The molecule has 0 amide bonds. The molecule has 1 saturated carbocycles. The standard InChI is InChI=1S/C9H12F6/c1-2-6-3-4-7(5-6,8(10,11)12)9(13,14)15/h6H,2-5H2,1H3. The summed E-state index contributed by atoms with van der Waals surface area (Å²) in [7, 11) is 0. The van der Waals surface area contributed by atoms with Gasteiger partial charge in [-0.2, -0.15) is 26.3 Å². The zero-order valence-electron chi connectivity index (χ0n) is 8.17. The number of rotatable bonds is 1. The van der Waals surface area contributed by atoms with Crippen molar-refractivity contribution in [2.24, 2.45) is 11.3 Å². The Morgan fingerprint density at radius 2 is 1.53 bits per heavy atom. The molecule has 1 unspecified atom stereocenters. The maximum absolute atomic E-state index is 12.5. The van der Waals surface area contributed by atoms with E-state index in [2.05, 4.69) is 0 Å². The SMILES string of the molecule is CCC1CCC(C(F)(F)F)(C(F)(F)F)C1. The van der Waals surface area contributed by atoms with Crippen molar-refractivity contribution < 1.29 is 26.3 Å². The second-order valence-corrected chi connectivity index (χ2v) is 4.09. The van der Waals surface area contributed by atoms with Gasteiger partial charge < -0.3 is 0 Å². The first kappa shape index (κ1) is 12.6. The van der Waals surface area contributed by atoms with Gasteiger partial charge in [-0.1, -0.05) is 13.3 Å². The van der Waals surface area contributed by atoms with Crippen molar-refractivity contribution >= 4 is 0 Å². The zero-order chi connectivity index (χ0) is 11.9. The monoisotopic (exact) mass is 234 g/mol. The van der Waals surface area contributed by atoms with E-state index in [0.717, 1.165) is 0 Å². The van der Waals surface area contributed by atoms with Crippen LogP contribution in [0.3, 0.4) is 0 Å². The van der Waals surface area contributed by atoms with E-state index in [9.17, 15) is 26.3 Å². The maximum Gasteiger partial charge on any atom is 0.403 e. The van der Waals surface area contributed by atoms with Gasteiger partial charge in [-0.15, -0.1) is 0 Å². The third-order valence-corrected chi connectivity index (χ3v) is 3.28. The minimum atomic E-state index is -5.19. The van der Waals surface area contributed by atoms with Gasteiger partial charge in [0.15, 0.2) is 5.41 Å². The van der Waals surface area contributed by atoms with Crippen LogP contribution in [0.25, 0.3) is 0 Å². The van der Waals surface area contributed by atoms with Crippen LogP contribution >= 0.6 is 0 Å². The van der Waals surface area contributed by atoms with Gasteiger partial charge in [0.05, 0.1) is 0 Å². The Kier molecular flexibility index (Phi) is 3.00. The molecule has 0 heterocycles. The lowest BCUT2D eigenvalue weighted by atomic mass is 9.83. The summed E-state index contributed by atoms with van der Waals surface area (Å²) in [6.07, 6.45) is -11.6. The summed E-state index contributed by atoms with van der Waals surface area (Å²) in [5, 5.41) is 0. The van der Waals surface area contributed by atoms with E-state index in [1.807, 2.05) is 0 Å². The summed E-state index contributed by atoms with van der Waals surface area (Å²) < 4.78 is 75.0. The first-order valence-electron chi connectivity index (χ1n) is 4.77. The zero-order valence-corrected chi connectivity index (χ0v) is 8.17. The van der Waals surface area contributed by atoms with Gasteiger partial charge >= 0.3 is 12.4 Å². The van der Waals surface area contributed by atoms with Crippen LogP contribution in [-0.4, -0.2) is 12.4 Å². The number of hydrogen-bond acceptors (Lipinski definition) is 0. The van der Waals surface area contributed by atoms with Crippen molar-refractivity contribution in [1.82, 2.24) is 0 Å². The van der Waals surface area contributed by atoms with Crippen molar-refractivity contribution in [3.63, 3.8) is 0 Å². The summed E-state index contributed by atoms with van der Waals surface area (Å²) in [6, 6.07) is 0. The Morgan fingerprint density at radius 1 is 1.07 bits per heavy atom. The highest BCUT2D eigenvalue weighted by Crippen LogP contribution is 2.61. The lowest BCUT2D eigenvalue weighted by Crippen LogP contribution is -2.48. The molecule has 0 aromatic rings. The first-order valence-corrected chi connectivity index (χ1v) is 4.77. The van der Waals surface area contributed by atoms with E-state index in [4.69, 9.17) is 0 Å². The van der Waals surface area contributed by atoms with Gasteiger partial charge in [0.25, 0.3) is 0 Å². The number of halogens is 6. The maximum atomic E-state index is 12.5. The Balaban J connectivity index is 3.01. The van der Waals surface area contributed by atoms with Gasteiger partial charge in [0.2, 0.25) is 0 Å². The molecule has 1 aliphatic carbocycles. The molecular formula is C9H12F6. The van der Waals surface area contributed by atoms with E-state index in [1.54, 1.807) is 6.92 Å². The molecule has 1 aliphatic rings. The number of alkyl halides is 6. The Bertz CT molecular complexity index is 212. The van der Waals surface area contributed by atoms with Crippen molar-refractivity contribution in [1.29, 1.82) is 0 Å². The second kappa shape index (κ2) is 3.56.